The van der Waals surface area contributed by atoms with Gasteiger partial charge in [0.15, 0.2) is 0 Å². The summed E-state index contributed by atoms with van der Waals surface area (Å²) in [6.07, 6.45) is 8.67. The zero-order chi connectivity index (χ0) is 15.5. The first-order valence-electron chi connectivity index (χ1n) is 8.62. The largest absolute Gasteiger partial charge is 0.367 e. The van der Waals surface area contributed by atoms with Crippen LogP contribution in [0.25, 0.3) is 0 Å². The van der Waals surface area contributed by atoms with E-state index in [2.05, 4.69) is 10.6 Å². The van der Waals surface area contributed by atoms with Gasteiger partial charge in [-0.05, 0) is 31.1 Å². The molecule has 0 unspecified atom stereocenters. The van der Waals surface area contributed by atoms with Gasteiger partial charge in [0, 0.05) is 12.6 Å². The SMILES string of the molecule is NC(=O)[C@H]1CC[C@@H](CNC(=O)N[C@@H]2C[C@H]2C2CCCCC2)O1. The molecule has 0 bridgehead atoms. The predicted molar refractivity (Wildman–Crippen MR) is 82.1 cm³/mol. The zero-order valence-electron chi connectivity index (χ0n) is 13.1. The van der Waals surface area contributed by atoms with Gasteiger partial charge in [-0.3, -0.25) is 4.79 Å². The summed E-state index contributed by atoms with van der Waals surface area (Å²) in [4.78, 5) is 22.9. The van der Waals surface area contributed by atoms with Crippen LogP contribution in [0, 0.1) is 11.8 Å². The molecule has 1 saturated heterocycles. The number of amides is 3. The van der Waals surface area contributed by atoms with Gasteiger partial charge in [0.2, 0.25) is 5.91 Å². The normalized spacial score (nSPS) is 35.1. The van der Waals surface area contributed by atoms with E-state index >= 15 is 0 Å². The minimum absolute atomic E-state index is 0.100. The van der Waals surface area contributed by atoms with Crippen LogP contribution in [-0.4, -0.2) is 36.7 Å². The van der Waals surface area contributed by atoms with Crippen molar-refractivity contribution in [2.45, 2.75) is 69.6 Å². The van der Waals surface area contributed by atoms with E-state index in [1.54, 1.807) is 0 Å². The number of carbonyl (C=O) groups excluding carboxylic acids is 2. The number of rotatable bonds is 5. The number of hydrogen-bond donors (Lipinski definition) is 3. The van der Waals surface area contributed by atoms with Gasteiger partial charge < -0.3 is 21.1 Å². The van der Waals surface area contributed by atoms with Gasteiger partial charge >= 0.3 is 6.03 Å². The van der Waals surface area contributed by atoms with Gasteiger partial charge in [0.25, 0.3) is 0 Å². The fourth-order valence-electron chi connectivity index (χ4n) is 3.96. The van der Waals surface area contributed by atoms with E-state index in [4.69, 9.17) is 10.5 Å². The fourth-order valence-corrected chi connectivity index (χ4v) is 3.96. The summed E-state index contributed by atoms with van der Waals surface area (Å²) in [5.74, 6) is 1.09. The van der Waals surface area contributed by atoms with Gasteiger partial charge in [0.05, 0.1) is 6.10 Å². The molecule has 0 aromatic rings. The molecule has 1 aliphatic heterocycles. The molecule has 2 aliphatic carbocycles. The van der Waals surface area contributed by atoms with Crippen LogP contribution in [0.4, 0.5) is 4.79 Å². The Morgan fingerprint density at radius 2 is 1.86 bits per heavy atom. The lowest BCUT2D eigenvalue weighted by Gasteiger charge is -2.21. The second kappa shape index (κ2) is 6.86. The third kappa shape index (κ3) is 3.91. The lowest BCUT2D eigenvalue weighted by atomic mass is 9.85. The van der Waals surface area contributed by atoms with E-state index in [1.807, 2.05) is 0 Å². The molecule has 0 aromatic carbocycles. The van der Waals surface area contributed by atoms with E-state index in [-0.39, 0.29) is 12.1 Å². The molecule has 0 spiro atoms. The van der Waals surface area contributed by atoms with Crippen molar-refractivity contribution < 1.29 is 14.3 Å². The van der Waals surface area contributed by atoms with Crippen molar-refractivity contribution in [2.75, 3.05) is 6.54 Å². The van der Waals surface area contributed by atoms with Crippen molar-refractivity contribution in [3.05, 3.63) is 0 Å². The maximum absolute atomic E-state index is 11.9. The molecule has 4 N–H and O–H groups in total. The molecule has 3 fully saturated rings. The third-order valence-corrected chi connectivity index (χ3v) is 5.33. The lowest BCUT2D eigenvalue weighted by Crippen LogP contribution is -2.41. The van der Waals surface area contributed by atoms with E-state index < -0.39 is 12.0 Å². The van der Waals surface area contributed by atoms with Gasteiger partial charge in [-0.2, -0.15) is 0 Å². The van der Waals surface area contributed by atoms with Gasteiger partial charge in [0.1, 0.15) is 6.10 Å². The number of ether oxygens (including phenoxy) is 1. The highest BCUT2D eigenvalue weighted by atomic mass is 16.5. The van der Waals surface area contributed by atoms with Crippen molar-refractivity contribution >= 4 is 11.9 Å². The Morgan fingerprint density at radius 3 is 2.55 bits per heavy atom. The Morgan fingerprint density at radius 1 is 1.09 bits per heavy atom. The molecular weight excluding hydrogens is 282 g/mol. The van der Waals surface area contributed by atoms with Crippen LogP contribution in [0.1, 0.15) is 51.4 Å². The van der Waals surface area contributed by atoms with Crippen molar-refractivity contribution in [2.24, 2.45) is 17.6 Å². The van der Waals surface area contributed by atoms with Crippen LogP contribution in [0.3, 0.4) is 0 Å². The lowest BCUT2D eigenvalue weighted by molar-refractivity contribution is -0.128. The summed E-state index contributed by atoms with van der Waals surface area (Å²) in [5, 5.41) is 5.91. The highest BCUT2D eigenvalue weighted by molar-refractivity contribution is 5.79. The summed E-state index contributed by atoms with van der Waals surface area (Å²) in [7, 11) is 0. The van der Waals surface area contributed by atoms with Crippen LogP contribution < -0.4 is 16.4 Å². The number of primary amides is 1. The van der Waals surface area contributed by atoms with Crippen molar-refractivity contribution in [1.29, 1.82) is 0 Å². The number of nitrogens with two attached hydrogens (primary N) is 1. The number of hydrogen-bond acceptors (Lipinski definition) is 3. The van der Waals surface area contributed by atoms with Crippen molar-refractivity contribution in [3.63, 3.8) is 0 Å². The van der Waals surface area contributed by atoms with Crippen LogP contribution in [0.2, 0.25) is 0 Å². The number of urea groups is 1. The summed E-state index contributed by atoms with van der Waals surface area (Å²) >= 11 is 0. The first-order valence-corrected chi connectivity index (χ1v) is 8.62. The van der Waals surface area contributed by atoms with E-state index in [0.29, 0.717) is 24.9 Å². The molecule has 3 amide bonds. The second-order valence-corrected chi connectivity index (χ2v) is 6.98. The van der Waals surface area contributed by atoms with E-state index in [1.165, 1.54) is 32.1 Å². The minimum Gasteiger partial charge on any atom is -0.367 e. The standard InChI is InChI=1S/C16H27N3O3/c17-15(20)14-7-6-11(22-14)9-18-16(21)19-13-8-12(13)10-4-2-1-3-5-10/h10-14H,1-9H2,(H2,17,20)(H2,18,19,21)/t11-,12-,13+,14+/m0/s1. The summed E-state index contributed by atoms with van der Waals surface area (Å²) in [6.45, 7) is 0.441. The molecule has 0 aromatic heterocycles. The highest BCUT2D eigenvalue weighted by Gasteiger charge is 2.43. The summed E-state index contributed by atoms with van der Waals surface area (Å²) < 4.78 is 5.49. The Hall–Kier alpha value is -1.30. The maximum Gasteiger partial charge on any atom is 0.315 e. The van der Waals surface area contributed by atoms with Crippen LogP contribution >= 0.6 is 0 Å². The predicted octanol–water partition coefficient (Wildman–Crippen LogP) is 1.29. The van der Waals surface area contributed by atoms with Crippen molar-refractivity contribution in [1.82, 2.24) is 10.6 Å². The van der Waals surface area contributed by atoms with Crippen molar-refractivity contribution in [3.8, 4) is 0 Å². The third-order valence-electron chi connectivity index (χ3n) is 5.33. The Labute approximate surface area is 131 Å². The molecular formula is C16H27N3O3. The Balaban J connectivity index is 1.31. The fraction of sp³-hybridized carbons (Fsp3) is 0.875. The molecule has 2 saturated carbocycles. The highest BCUT2D eigenvalue weighted by Crippen LogP contribution is 2.44. The van der Waals surface area contributed by atoms with Gasteiger partial charge in [-0.25, -0.2) is 4.79 Å². The molecule has 3 aliphatic rings. The van der Waals surface area contributed by atoms with Crippen LogP contribution in [-0.2, 0) is 9.53 Å². The van der Waals surface area contributed by atoms with Gasteiger partial charge in [-0.15, -0.1) is 0 Å². The smallest absolute Gasteiger partial charge is 0.315 e. The van der Waals surface area contributed by atoms with E-state index in [0.717, 1.165) is 18.8 Å². The second-order valence-electron chi connectivity index (χ2n) is 6.98. The van der Waals surface area contributed by atoms with Gasteiger partial charge in [-0.1, -0.05) is 32.1 Å². The number of nitrogens with one attached hydrogen (secondary N) is 2. The molecule has 6 heteroatoms. The Kier molecular flexibility index (Phi) is 4.86. The quantitative estimate of drug-likeness (QED) is 0.714. The van der Waals surface area contributed by atoms with Crippen LogP contribution in [0.5, 0.6) is 0 Å². The molecule has 1 heterocycles. The summed E-state index contributed by atoms with van der Waals surface area (Å²) in [5.41, 5.74) is 5.21. The van der Waals surface area contributed by atoms with E-state index in [9.17, 15) is 9.59 Å². The zero-order valence-corrected chi connectivity index (χ0v) is 13.1. The first-order chi connectivity index (χ1) is 10.6. The topological polar surface area (TPSA) is 93.5 Å². The molecule has 6 nitrogen and oxygen atoms in total. The van der Waals surface area contributed by atoms with Crippen LogP contribution in [0.15, 0.2) is 0 Å². The number of carbonyl (C=O) groups is 2. The average molecular weight is 309 g/mol. The molecule has 4 atom stereocenters. The Bertz CT molecular complexity index is 423. The summed E-state index contributed by atoms with van der Waals surface area (Å²) in [6, 6.07) is 0.236. The molecule has 3 rings (SSSR count). The maximum atomic E-state index is 11.9. The first kappa shape index (κ1) is 15.6. The average Bonchev–Trinajstić information content (AvgIpc) is 3.10. The minimum atomic E-state index is -0.492. The molecule has 0 radical (unpaired) electrons. The monoisotopic (exact) mass is 309 g/mol. The molecule has 124 valence electrons. The molecule has 22 heavy (non-hydrogen) atoms.